The third-order valence-corrected chi connectivity index (χ3v) is 5.66. The molecule has 3 rings (SSSR count). The van der Waals surface area contributed by atoms with Gasteiger partial charge in [-0.3, -0.25) is 9.59 Å². The van der Waals surface area contributed by atoms with Crippen molar-refractivity contribution >= 4 is 17.5 Å². The smallest absolute Gasteiger partial charge is 0.249 e. The number of para-hydroxylation sites is 1. The van der Waals surface area contributed by atoms with Crippen molar-refractivity contribution in [3.05, 3.63) is 47.3 Å². The van der Waals surface area contributed by atoms with Crippen LogP contribution in [0.15, 0.2) is 34.9 Å². The van der Waals surface area contributed by atoms with Crippen LogP contribution < -0.4 is 4.90 Å². The van der Waals surface area contributed by atoms with Gasteiger partial charge in [-0.25, -0.2) is 0 Å². The zero-order valence-electron chi connectivity index (χ0n) is 17.7. The van der Waals surface area contributed by atoms with Crippen molar-refractivity contribution in [1.82, 2.24) is 15.0 Å². The van der Waals surface area contributed by atoms with E-state index in [0.717, 1.165) is 29.1 Å². The fourth-order valence-corrected chi connectivity index (χ4v) is 3.79. The number of hydrogen-bond acceptors (Lipinski definition) is 5. The van der Waals surface area contributed by atoms with Gasteiger partial charge < -0.3 is 19.2 Å². The van der Waals surface area contributed by atoms with Crippen LogP contribution in [0.25, 0.3) is 0 Å². The topological polar surface area (TPSA) is 69.9 Å². The molecule has 0 N–H and O–H groups in total. The number of piperidine rings is 1. The van der Waals surface area contributed by atoms with Crippen LogP contribution in [0, 0.1) is 13.8 Å². The normalized spacial score (nSPS) is 17.1. The average Bonchev–Trinajstić information content (AvgIpc) is 3.04. The van der Waals surface area contributed by atoms with Gasteiger partial charge in [-0.05, 0) is 45.9 Å². The first-order chi connectivity index (χ1) is 13.9. The maximum atomic E-state index is 13.0. The van der Waals surface area contributed by atoms with Gasteiger partial charge in [0.05, 0.1) is 5.69 Å². The van der Waals surface area contributed by atoms with Crippen molar-refractivity contribution in [3.8, 4) is 0 Å². The second kappa shape index (κ2) is 9.22. The third kappa shape index (κ3) is 4.85. The Morgan fingerprint density at radius 1 is 1.24 bits per heavy atom. The van der Waals surface area contributed by atoms with E-state index in [9.17, 15) is 9.59 Å². The molecule has 1 aliphatic heterocycles. The molecule has 1 aromatic heterocycles. The summed E-state index contributed by atoms with van der Waals surface area (Å²) < 4.78 is 5.20. The van der Waals surface area contributed by atoms with Gasteiger partial charge in [-0.15, -0.1) is 0 Å². The molecule has 7 nitrogen and oxygen atoms in total. The predicted octanol–water partition coefficient (Wildman–Crippen LogP) is 2.77. The van der Waals surface area contributed by atoms with E-state index >= 15 is 0 Å². The number of likely N-dealkylation sites (N-methyl/N-ethyl adjacent to an activating group) is 1. The van der Waals surface area contributed by atoms with E-state index in [2.05, 4.69) is 10.1 Å². The van der Waals surface area contributed by atoms with Gasteiger partial charge >= 0.3 is 0 Å². The Balaban J connectivity index is 1.56. The minimum Gasteiger partial charge on any atom is -0.361 e. The molecule has 2 aromatic rings. The molecule has 1 unspecified atom stereocenters. The van der Waals surface area contributed by atoms with Crippen LogP contribution in [0.3, 0.4) is 0 Å². The van der Waals surface area contributed by atoms with Gasteiger partial charge in [-0.2, -0.15) is 0 Å². The Bertz CT molecular complexity index is 829. The number of benzene rings is 1. The maximum Gasteiger partial charge on any atom is 0.249 e. The zero-order chi connectivity index (χ0) is 21.0. The van der Waals surface area contributed by atoms with E-state index in [1.54, 1.807) is 16.8 Å². The average molecular weight is 399 g/mol. The van der Waals surface area contributed by atoms with E-state index in [0.29, 0.717) is 32.5 Å². The van der Waals surface area contributed by atoms with Gasteiger partial charge in [-0.1, -0.05) is 23.4 Å². The molecule has 7 heteroatoms. The van der Waals surface area contributed by atoms with Crippen molar-refractivity contribution < 1.29 is 14.1 Å². The fourth-order valence-electron chi connectivity index (χ4n) is 3.79. The first-order valence-electron chi connectivity index (χ1n) is 10.1. The molecule has 2 heterocycles. The highest BCUT2D eigenvalue weighted by Crippen LogP contribution is 2.23. The Morgan fingerprint density at radius 2 is 1.97 bits per heavy atom. The Labute approximate surface area is 172 Å². The van der Waals surface area contributed by atoms with Crippen LogP contribution in [-0.2, 0) is 16.1 Å². The minimum absolute atomic E-state index is 0.00220. The van der Waals surface area contributed by atoms with Crippen LogP contribution in [0.4, 0.5) is 5.69 Å². The lowest BCUT2D eigenvalue weighted by atomic mass is 10.0. The van der Waals surface area contributed by atoms with Gasteiger partial charge in [0.25, 0.3) is 0 Å². The Kier molecular flexibility index (Phi) is 6.69. The molecule has 29 heavy (non-hydrogen) atoms. The summed E-state index contributed by atoms with van der Waals surface area (Å²) in [5.74, 6) is 0.804. The lowest BCUT2D eigenvalue weighted by Gasteiger charge is -2.37. The molecule has 1 atom stereocenters. The molecule has 156 valence electrons. The molecule has 1 fully saturated rings. The molecule has 1 aromatic carbocycles. The second-order valence-electron chi connectivity index (χ2n) is 7.78. The quantitative estimate of drug-likeness (QED) is 0.717. The summed E-state index contributed by atoms with van der Waals surface area (Å²) in [6.45, 7) is 5.81. The highest BCUT2D eigenvalue weighted by molar-refractivity contribution is 5.99. The molecule has 2 amide bonds. The molecule has 1 aliphatic rings. The summed E-state index contributed by atoms with van der Waals surface area (Å²) in [6.07, 6.45) is 1.96. The van der Waals surface area contributed by atoms with Crippen molar-refractivity contribution in [2.75, 3.05) is 32.1 Å². The van der Waals surface area contributed by atoms with E-state index in [-0.39, 0.29) is 11.8 Å². The van der Waals surface area contributed by atoms with Crippen LogP contribution in [0.2, 0.25) is 0 Å². The monoisotopic (exact) mass is 398 g/mol. The van der Waals surface area contributed by atoms with Gasteiger partial charge in [0.15, 0.2) is 0 Å². The highest BCUT2D eigenvalue weighted by Gasteiger charge is 2.34. The summed E-state index contributed by atoms with van der Waals surface area (Å²) in [6, 6.07) is 9.26. The zero-order valence-corrected chi connectivity index (χ0v) is 17.7. The number of amides is 2. The SMILES string of the molecule is Cc1noc(C)c1CN(C)CCC(=O)N(C)C1CCCN(c2ccccc2)C1=O. The lowest BCUT2D eigenvalue weighted by molar-refractivity contribution is -0.139. The highest BCUT2D eigenvalue weighted by atomic mass is 16.5. The Hall–Kier alpha value is -2.67. The Morgan fingerprint density at radius 3 is 2.62 bits per heavy atom. The van der Waals surface area contributed by atoms with Crippen LogP contribution in [-0.4, -0.2) is 60.0 Å². The molecule has 0 radical (unpaired) electrons. The van der Waals surface area contributed by atoms with Crippen LogP contribution in [0.5, 0.6) is 0 Å². The van der Waals surface area contributed by atoms with E-state index in [1.165, 1.54) is 0 Å². The molecule has 0 saturated carbocycles. The second-order valence-corrected chi connectivity index (χ2v) is 7.78. The number of nitrogens with zero attached hydrogens (tertiary/aromatic N) is 4. The van der Waals surface area contributed by atoms with Gasteiger partial charge in [0.2, 0.25) is 11.8 Å². The van der Waals surface area contributed by atoms with Gasteiger partial charge in [0, 0.05) is 44.4 Å². The number of hydrogen-bond donors (Lipinski definition) is 0. The van der Waals surface area contributed by atoms with E-state index in [1.807, 2.05) is 51.2 Å². The number of rotatable bonds is 7. The van der Waals surface area contributed by atoms with Crippen molar-refractivity contribution in [3.63, 3.8) is 0 Å². The number of aryl methyl sites for hydroxylation is 2. The number of carbonyl (C=O) groups excluding carboxylic acids is 2. The van der Waals surface area contributed by atoms with Crippen LogP contribution >= 0.6 is 0 Å². The largest absolute Gasteiger partial charge is 0.361 e. The standard InChI is InChI=1S/C22H30N4O3/c1-16-19(17(2)29-23-16)15-24(3)14-12-21(27)25(4)20-11-8-13-26(22(20)28)18-9-6-5-7-10-18/h5-7,9-10,20H,8,11-15H2,1-4H3. The molecular weight excluding hydrogens is 368 g/mol. The molecule has 0 bridgehead atoms. The van der Waals surface area contributed by atoms with Crippen molar-refractivity contribution in [2.45, 2.75) is 45.7 Å². The number of anilines is 1. The first-order valence-corrected chi connectivity index (χ1v) is 10.1. The maximum absolute atomic E-state index is 13.0. The fraction of sp³-hybridized carbons (Fsp3) is 0.500. The van der Waals surface area contributed by atoms with Crippen molar-refractivity contribution in [2.24, 2.45) is 0 Å². The first kappa shape index (κ1) is 21.0. The molecule has 1 saturated heterocycles. The lowest BCUT2D eigenvalue weighted by Crippen LogP contribution is -2.53. The minimum atomic E-state index is -0.399. The van der Waals surface area contributed by atoms with Crippen molar-refractivity contribution in [1.29, 1.82) is 0 Å². The summed E-state index contributed by atoms with van der Waals surface area (Å²) in [5, 5.41) is 3.98. The number of carbonyl (C=O) groups is 2. The van der Waals surface area contributed by atoms with E-state index in [4.69, 9.17) is 4.52 Å². The molecular formula is C22H30N4O3. The summed E-state index contributed by atoms with van der Waals surface area (Å²) in [5.41, 5.74) is 2.84. The predicted molar refractivity (Wildman–Crippen MR) is 112 cm³/mol. The van der Waals surface area contributed by atoms with E-state index < -0.39 is 6.04 Å². The molecule has 0 spiro atoms. The van der Waals surface area contributed by atoms with Crippen LogP contribution in [0.1, 0.15) is 36.3 Å². The summed E-state index contributed by atoms with van der Waals surface area (Å²) in [4.78, 5) is 31.3. The summed E-state index contributed by atoms with van der Waals surface area (Å²) in [7, 11) is 3.72. The molecule has 0 aliphatic carbocycles. The third-order valence-electron chi connectivity index (χ3n) is 5.66. The van der Waals surface area contributed by atoms with Gasteiger partial charge in [0.1, 0.15) is 11.8 Å². The number of aromatic nitrogens is 1. The summed E-state index contributed by atoms with van der Waals surface area (Å²) >= 11 is 0.